The zero-order chi connectivity index (χ0) is 22.2. The summed E-state index contributed by atoms with van der Waals surface area (Å²) in [5, 5.41) is 4.70. The molecule has 6 nitrogen and oxygen atoms in total. The van der Waals surface area contributed by atoms with E-state index in [0.717, 1.165) is 15.7 Å². The Morgan fingerprint density at radius 3 is 2.19 bits per heavy atom. The summed E-state index contributed by atoms with van der Waals surface area (Å²) in [6.07, 6.45) is 0. The summed E-state index contributed by atoms with van der Waals surface area (Å²) in [5.74, 6) is -0.777. The number of nitrogens with zero attached hydrogens (tertiary/aromatic N) is 1. The van der Waals surface area contributed by atoms with Crippen LogP contribution < -0.4 is 15.0 Å². The van der Waals surface area contributed by atoms with Gasteiger partial charge in [-0.3, -0.25) is 14.4 Å². The van der Waals surface area contributed by atoms with E-state index in [2.05, 4.69) is 5.32 Å². The SMILES string of the molecule is COc1cc(NC(=O)c2cccc3ccccc23)ccc1N1C(=O)c2ccccc2C1=O. The van der Waals surface area contributed by atoms with E-state index in [-0.39, 0.29) is 5.91 Å². The van der Waals surface area contributed by atoms with Gasteiger partial charge in [-0.2, -0.15) is 0 Å². The molecular formula is C26H18N2O4. The van der Waals surface area contributed by atoms with Crippen molar-refractivity contribution in [2.45, 2.75) is 0 Å². The predicted octanol–water partition coefficient (Wildman–Crippen LogP) is 4.90. The summed E-state index contributed by atoms with van der Waals surface area (Å²) < 4.78 is 5.45. The maximum absolute atomic E-state index is 13.0. The second kappa shape index (κ2) is 7.67. The van der Waals surface area contributed by atoms with Crippen LogP contribution in [0, 0.1) is 0 Å². The van der Waals surface area contributed by atoms with E-state index in [9.17, 15) is 14.4 Å². The molecule has 32 heavy (non-hydrogen) atoms. The van der Waals surface area contributed by atoms with Crippen LogP contribution >= 0.6 is 0 Å². The number of hydrogen-bond donors (Lipinski definition) is 1. The zero-order valence-corrected chi connectivity index (χ0v) is 17.2. The number of anilines is 2. The van der Waals surface area contributed by atoms with Gasteiger partial charge in [0.15, 0.2) is 0 Å². The molecule has 0 saturated heterocycles. The Morgan fingerprint density at radius 2 is 1.47 bits per heavy atom. The van der Waals surface area contributed by atoms with E-state index in [4.69, 9.17) is 4.74 Å². The van der Waals surface area contributed by atoms with Crippen LogP contribution in [-0.2, 0) is 0 Å². The molecule has 6 heteroatoms. The third-order valence-electron chi connectivity index (χ3n) is 5.51. The fraction of sp³-hybridized carbons (Fsp3) is 0.0385. The fourth-order valence-electron chi connectivity index (χ4n) is 3.97. The minimum absolute atomic E-state index is 0.266. The van der Waals surface area contributed by atoms with Gasteiger partial charge >= 0.3 is 0 Å². The molecule has 0 unspecified atom stereocenters. The number of hydrogen-bond acceptors (Lipinski definition) is 4. The standard InChI is InChI=1S/C26H18N2O4/c1-32-23-15-17(27-24(29)19-12-6-8-16-7-2-3-9-18(16)19)13-14-22(23)28-25(30)20-10-4-5-11-21(20)26(28)31/h2-15H,1H3,(H,27,29). The summed E-state index contributed by atoms with van der Waals surface area (Å²) in [5.41, 5.74) is 2.06. The molecule has 4 aromatic carbocycles. The van der Waals surface area contributed by atoms with Gasteiger partial charge in [0.05, 0.1) is 23.9 Å². The summed E-state index contributed by atoms with van der Waals surface area (Å²) in [7, 11) is 1.45. The van der Waals surface area contributed by atoms with Gasteiger partial charge in [-0.1, -0.05) is 48.5 Å². The van der Waals surface area contributed by atoms with Gasteiger partial charge < -0.3 is 10.1 Å². The van der Waals surface area contributed by atoms with Crippen molar-refractivity contribution in [3.8, 4) is 5.75 Å². The third-order valence-corrected chi connectivity index (χ3v) is 5.51. The number of ether oxygens (including phenoxy) is 1. The first-order valence-electron chi connectivity index (χ1n) is 10.0. The molecule has 0 aliphatic carbocycles. The van der Waals surface area contributed by atoms with Crippen molar-refractivity contribution in [3.63, 3.8) is 0 Å². The highest BCUT2D eigenvalue weighted by Gasteiger charge is 2.37. The first-order valence-corrected chi connectivity index (χ1v) is 10.0. The quantitative estimate of drug-likeness (QED) is 0.475. The number of amides is 3. The molecule has 0 saturated carbocycles. The first-order chi connectivity index (χ1) is 15.6. The highest BCUT2D eigenvalue weighted by molar-refractivity contribution is 6.34. The Bertz CT molecular complexity index is 1370. The van der Waals surface area contributed by atoms with Crippen molar-refractivity contribution in [2.75, 3.05) is 17.3 Å². The van der Waals surface area contributed by atoms with E-state index in [1.165, 1.54) is 7.11 Å². The van der Waals surface area contributed by atoms with E-state index in [0.29, 0.717) is 33.8 Å². The number of rotatable bonds is 4. The van der Waals surface area contributed by atoms with E-state index < -0.39 is 11.8 Å². The highest BCUT2D eigenvalue weighted by Crippen LogP contribution is 2.36. The van der Waals surface area contributed by atoms with Crippen LogP contribution in [0.15, 0.2) is 84.9 Å². The van der Waals surface area contributed by atoms with Gasteiger partial charge in [-0.25, -0.2) is 4.90 Å². The first kappa shape index (κ1) is 19.5. The topological polar surface area (TPSA) is 75.7 Å². The third kappa shape index (κ3) is 3.09. The Hall–Kier alpha value is -4.45. The van der Waals surface area contributed by atoms with Crippen LogP contribution in [0.1, 0.15) is 31.1 Å². The molecule has 3 amide bonds. The van der Waals surface area contributed by atoms with Gasteiger partial charge in [-0.15, -0.1) is 0 Å². The molecular weight excluding hydrogens is 404 g/mol. The lowest BCUT2D eigenvalue weighted by atomic mass is 10.0. The molecule has 0 bridgehead atoms. The van der Waals surface area contributed by atoms with Crippen molar-refractivity contribution in [3.05, 3.63) is 102 Å². The van der Waals surface area contributed by atoms with Crippen molar-refractivity contribution < 1.29 is 19.1 Å². The second-order valence-corrected chi connectivity index (χ2v) is 7.36. The van der Waals surface area contributed by atoms with Crippen LogP contribution in [0.2, 0.25) is 0 Å². The number of benzene rings is 4. The van der Waals surface area contributed by atoms with Crippen molar-refractivity contribution in [2.24, 2.45) is 0 Å². The summed E-state index contributed by atoms with van der Waals surface area (Å²) >= 11 is 0. The van der Waals surface area contributed by atoms with E-state index in [1.807, 2.05) is 36.4 Å². The molecule has 0 fully saturated rings. The normalized spacial score (nSPS) is 12.7. The molecule has 0 atom stereocenters. The number of carbonyl (C=O) groups excluding carboxylic acids is 3. The minimum Gasteiger partial charge on any atom is -0.494 e. The molecule has 4 aromatic rings. The smallest absolute Gasteiger partial charge is 0.266 e. The van der Waals surface area contributed by atoms with Crippen LogP contribution in [0.3, 0.4) is 0 Å². The monoisotopic (exact) mass is 422 g/mol. The van der Waals surface area contributed by atoms with Crippen molar-refractivity contribution in [1.82, 2.24) is 0 Å². The number of carbonyl (C=O) groups is 3. The van der Waals surface area contributed by atoms with E-state index >= 15 is 0 Å². The lowest BCUT2D eigenvalue weighted by Crippen LogP contribution is -2.29. The second-order valence-electron chi connectivity index (χ2n) is 7.36. The van der Waals surface area contributed by atoms with Crippen LogP contribution in [0.25, 0.3) is 10.8 Å². The lowest BCUT2D eigenvalue weighted by Gasteiger charge is -2.18. The van der Waals surface area contributed by atoms with Gasteiger partial charge in [0.25, 0.3) is 17.7 Å². The lowest BCUT2D eigenvalue weighted by molar-refractivity contribution is 0.0923. The average Bonchev–Trinajstić information content (AvgIpc) is 3.08. The van der Waals surface area contributed by atoms with Gasteiger partial charge in [0, 0.05) is 17.3 Å². The van der Waals surface area contributed by atoms with Crippen LogP contribution in [-0.4, -0.2) is 24.8 Å². The summed E-state index contributed by atoms with van der Waals surface area (Å²) in [6, 6.07) is 24.7. The van der Waals surface area contributed by atoms with Crippen LogP contribution in [0.4, 0.5) is 11.4 Å². The zero-order valence-electron chi connectivity index (χ0n) is 17.2. The van der Waals surface area contributed by atoms with Crippen molar-refractivity contribution in [1.29, 1.82) is 0 Å². The van der Waals surface area contributed by atoms with Gasteiger partial charge in [0.1, 0.15) is 5.75 Å². The van der Waals surface area contributed by atoms with Crippen LogP contribution in [0.5, 0.6) is 5.75 Å². The number of methoxy groups -OCH3 is 1. The Morgan fingerprint density at radius 1 is 0.812 bits per heavy atom. The largest absolute Gasteiger partial charge is 0.494 e. The number of imide groups is 1. The summed E-state index contributed by atoms with van der Waals surface area (Å²) in [6.45, 7) is 0. The molecule has 1 heterocycles. The van der Waals surface area contributed by atoms with Crippen molar-refractivity contribution >= 4 is 39.9 Å². The molecule has 1 aliphatic heterocycles. The maximum Gasteiger partial charge on any atom is 0.266 e. The van der Waals surface area contributed by atoms with Gasteiger partial charge in [0.2, 0.25) is 0 Å². The maximum atomic E-state index is 13.0. The number of fused-ring (bicyclic) bond motifs is 2. The average molecular weight is 422 g/mol. The Balaban J connectivity index is 1.46. The molecule has 0 aromatic heterocycles. The van der Waals surface area contributed by atoms with Gasteiger partial charge in [-0.05, 0) is 41.1 Å². The summed E-state index contributed by atoms with van der Waals surface area (Å²) in [4.78, 5) is 39.7. The Kier molecular flexibility index (Phi) is 4.67. The molecule has 1 N–H and O–H groups in total. The molecule has 5 rings (SSSR count). The van der Waals surface area contributed by atoms with E-state index in [1.54, 1.807) is 48.5 Å². The molecule has 0 radical (unpaired) electrons. The highest BCUT2D eigenvalue weighted by atomic mass is 16.5. The fourth-order valence-corrected chi connectivity index (χ4v) is 3.97. The Labute approximate surface area is 184 Å². The minimum atomic E-state index is -0.406. The molecule has 156 valence electrons. The molecule has 0 spiro atoms. The predicted molar refractivity (Wildman–Crippen MR) is 122 cm³/mol. The molecule has 1 aliphatic rings. The number of nitrogens with one attached hydrogen (secondary N) is 1.